The van der Waals surface area contributed by atoms with Gasteiger partial charge in [-0.1, -0.05) is 36.4 Å². The highest BCUT2D eigenvalue weighted by molar-refractivity contribution is 7.80. The van der Waals surface area contributed by atoms with Gasteiger partial charge in [0.1, 0.15) is 5.70 Å². The van der Waals surface area contributed by atoms with E-state index in [0.29, 0.717) is 28.9 Å². The molecule has 0 saturated carbocycles. The highest BCUT2D eigenvalue weighted by Gasteiger charge is 2.30. The van der Waals surface area contributed by atoms with E-state index < -0.39 is 0 Å². The Bertz CT molecular complexity index is 849. The predicted octanol–water partition coefficient (Wildman–Crippen LogP) is 2.67. The van der Waals surface area contributed by atoms with E-state index in [1.807, 2.05) is 48.5 Å². The summed E-state index contributed by atoms with van der Waals surface area (Å²) in [7, 11) is 0. The molecule has 2 heterocycles. The minimum Gasteiger partial charge on any atom is -0.454 e. The monoisotopic (exact) mass is 338 g/mol. The van der Waals surface area contributed by atoms with Gasteiger partial charge in [0.25, 0.3) is 5.91 Å². The number of benzene rings is 2. The Morgan fingerprint density at radius 2 is 1.92 bits per heavy atom. The van der Waals surface area contributed by atoms with Gasteiger partial charge < -0.3 is 14.8 Å². The number of hydrogen-bond acceptors (Lipinski definition) is 4. The van der Waals surface area contributed by atoms with Gasteiger partial charge in [-0.05, 0) is 41.6 Å². The molecule has 2 aliphatic rings. The number of nitrogens with zero attached hydrogens (tertiary/aromatic N) is 1. The summed E-state index contributed by atoms with van der Waals surface area (Å²) in [6.07, 6.45) is 1.77. The van der Waals surface area contributed by atoms with Crippen LogP contribution in [0.2, 0.25) is 0 Å². The molecule has 0 unspecified atom stereocenters. The van der Waals surface area contributed by atoms with Crippen molar-refractivity contribution < 1.29 is 14.3 Å². The minimum atomic E-state index is -0.137. The molecular formula is C18H14N2O3S. The Morgan fingerprint density at radius 3 is 2.75 bits per heavy atom. The van der Waals surface area contributed by atoms with Gasteiger partial charge in [-0.3, -0.25) is 9.69 Å². The smallest absolute Gasteiger partial charge is 0.276 e. The van der Waals surface area contributed by atoms with Crippen LogP contribution in [0.25, 0.3) is 6.08 Å². The lowest BCUT2D eigenvalue weighted by Gasteiger charge is -2.13. The lowest BCUT2D eigenvalue weighted by molar-refractivity contribution is -0.122. The Hall–Kier alpha value is -2.86. The first-order valence-electron chi connectivity index (χ1n) is 7.49. The van der Waals surface area contributed by atoms with E-state index in [1.165, 1.54) is 0 Å². The third-order valence-electron chi connectivity index (χ3n) is 3.85. The van der Waals surface area contributed by atoms with Crippen molar-refractivity contribution in [1.82, 2.24) is 10.2 Å². The van der Waals surface area contributed by atoms with Crippen molar-refractivity contribution in [3.63, 3.8) is 0 Å². The minimum absolute atomic E-state index is 0.137. The van der Waals surface area contributed by atoms with Gasteiger partial charge in [0.15, 0.2) is 16.6 Å². The maximum atomic E-state index is 12.6. The molecule has 4 rings (SSSR count). The fourth-order valence-corrected chi connectivity index (χ4v) is 2.91. The molecule has 0 aromatic heterocycles. The molecule has 2 aliphatic heterocycles. The second-order valence-electron chi connectivity index (χ2n) is 5.48. The van der Waals surface area contributed by atoms with Gasteiger partial charge >= 0.3 is 0 Å². The molecule has 0 atom stereocenters. The average molecular weight is 338 g/mol. The summed E-state index contributed by atoms with van der Waals surface area (Å²) in [6.45, 7) is 0.672. The molecule has 24 heavy (non-hydrogen) atoms. The van der Waals surface area contributed by atoms with Crippen LogP contribution < -0.4 is 14.8 Å². The molecule has 1 N–H and O–H groups in total. The SMILES string of the molecule is O=C1/C(=C/c2ccc3c(c2)OCO3)NC(=S)N1Cc1ccccc1. The number of ether oxygens (including phenoxy) is 2. The highest BCUT2D eigenvalue weighted by Crippen LogP contribution is 2.33. The Kier molecular flexibility index (Phi) is 3.66. The first-order valence-corrected chi connectivity index (χ1v) is 7.90. The Labute approximate surface area is 144 Å². The van der Waals surface area contributed by atoms with Crippen LogP contribution >= 0.6 is 12.2 Å². The fraction of sp³-hybridized carbons (Fsp3) is 0.111. The molecule has 1 saturated heterocycles. The highest BCUT2D eigenvalue weighted by atomic mass is 32.1. The molecule has 0 radical (unpaired) electrons. The molecule has 1 amide bonds. The number of fused-ring (bicyclic) bond motifs is 1. The molecule has 5 nitrogen and oxygen atoms in total. The van der Waals surface area contributed by atoms with Crippen LogP contribution in [0.4, 0.5) is 0 Å². The number of thiocarbonyl (C=S) groups is 1. The van der Waals surface area contributed by atoms with Crippen molar-refractivity contribution in [2.45, 2.75) is 6.54 Å². The van der Waals surface area contributed by atoms with Crippen molar-refractivity contribution in [3.05, 3.63) is 65.4 Å². The first kappa shape index (κ1) is 14.7. The summed E-state index contributed by atoms with van der Waals surface area (Å²) in [4.78, 5) is 14.2. The number of amides is 1. The van der Waals surface area contributed by atoms with Gasteiger partial charge in [-0.25, -0.2) is 0 Å². The van der Waals surface area contributed by atoms with Crippen molar-refractivity contribution in [1.29, 1.82) is 0 Å². The van der Waals surface area contributed by atoms with Crippen molar-refractivity contribution >= 4 is 29.3 Å². The molecule has 6 heteroatoms. The summed E-state index contributed by atoms with van der Waals surface area (Å²) in [5.41, 5.74) is 2.33. The van der Waals surface area contributed by atoms with Crippen LogP contribution in [0, 0.1) is 0 Å². The van der Waals surface area contributed by atoms with E-state index in [0.717, 1.165) is 11.1 Å². The van der Waals surface area contributed by atoms with Crippen LogP contribution in [-0.4, -0.2) is 22.7 Å². The molecule has 2 aromatic carbocycles. The number of hydrogen-bond donors (Lipinski definition) is 1. The zero-order valence-corrected chi connectivity index (χ0v) is 13.5. The molecule has 0 aliphatic carbocycles. The lowest BCUT2D eigenvalue weighted by Crippen LogP contribution is -2.29. The van der Waals surface area contributed by atoms with Crippen molar-refractivity contribution in [2.75, 3.05) is 6.79 Å². The molecule has 120 valence electrons. The van der Waals surface area contributed by atoms with Gasteiger partial charge in [0.05, 0.1) is 6.54 Å². The number of carbonyl (C=O) groups excluding carboxylic acids is 1. The molecule has 1 fully saturated rings. The van der Waals surface area contributed by atoms with Crippen molar-refractivity contribution in [3.8, 4) is 11.5 Å². The van der Waals surface area contributed by atoms with E-state index in [2.05, 4.69) is 5.32 Å². The predicted molar refractivity (Wildman–Crippen MR) is 93.3 cm³/mol. The summed E-state index contributed by atoms with van der Waals surface area (Å²) in [6, 6.07) is 15.3. The molecule has 0 spiro atoms. The normalized spacial score (nSPS) is 17.5. The Morgan fingerprint density at radius 1 is 1.12 bits per heavy atom. The van der Waals surface area contributed by atoms with E-state index in [1.54, 1.807) is 11.0 Å². The quantitative estimate of drug-likeness (QED) is 0.689. The van der Waals surface area contributed by atoms with Crippen molar-refractivity contribution in [2.24, 2.45) is 0 Å². The third-order valence-corrected chi connectivity index (χ3v) is 4.18. The van der Waals surface area contributed by atoms with Gasteiger partial charge in [-0.15, -0.1) is 0 Å². The molecular weight excluding hydrogens is 324 g/mol. The van der Waals surface area contributed by atoms with Gasteiger partial charge in [-0.2, -0.15) is 0 Å². The van der Waals surface area contributed by atoms with E-state index in [-0.39, 0.29) is 12.7 Å². The second-order valence-corrected chi connectivity index (χ2v) is 5.86. The lowest BCUT2D eigenvalue weighted by atomic mass is 10.1. The fourth-order valence-electron chi connectivity index (χ4n) is 2.65. The zero-order valence-electron chi connectivity index (χ0n) is 12.7. The largest absolute Gasteiger partial charge is 0.454 e. The summed E-state index contributed by atoms with van der Waals surface area (Å²) in [5, 5.41) is 3.40. The van der Waals surface area contributed by atoms with Crippen LogP contribution in [0.1, 0.15) is 11.1 Å². The van der Waals surface area contributed by atoms with Gasteiger partial charge in [0.2, 0.25) is 6.79 Å². The van der Waals surface area contributed by atoms with E-state index >= 15 is 0 Å². The van der Waals surface area contributed by atoms with E-state index in [9.17, 15) is 4.79 Å². The molecule has 2 aromatic rings. The number of carbonyl (C=O) groups is 1. The second kappa shape index (κ2) is 5.98. The zero-order chi connectivity index (χ0) is 16.5. The molecule has 0 bridgehead atoms. The third kappa shape index (κ3) is 2.72. The van der Waals surface area contributed by atoms with Gasteiger partial charge in [0, 0.05) is 0 Å². The maximum Gasteiger partial charge on any atom is 0.276 e. The maximum absolute atomic E-state index is 12.6. The summed E-state index contributed by atoms with van der Waals surface area (Å²) >= 11 is 5.30. The topological polar surface area (TPSA) is 50.8 Å². The van der Waals surface area contributed by atoms with E-state index in [4.69, 9.17) is 21.7 Å². The Balaban J connectivity index is 1.56. The van der Waals surface area contributed by atoms with Crippen LogP contribution in [0.3, 0.4) is 0 Å². The average Bonchev–Trinajstić information content (AvgIpc) is 3.16. The standard InChI is InChI=1S/C18H14N2O3S/c21-17-14(8-13-6-7-15-16(9-13)23-11-22-15)19-18(24)20(17)10-12-4-2-1-3-5-12/h1-9H,10-11H2,(H,19,24)/b14-8-. The van der Waals surface area contributed by atoms with Crippen LogP contribution in [0.15, 0.2) is 54.2 Å². The summed E-state index contributed by atoms with van der Waals surface area (Å²) in [5.74, 6) is 1.25. The van der Waals surface area contributed by atoms with Crippen LogP contribution in [0.5, 0.6) is 11.5 Å². The first-order chi connectivity index (χ1) is 11.7. The number of nitrogens with one attached hydrogen (secondary N) is 1. The number of rotatable bonds is 3. The van der Waals surface area contributed by atoms with Crippen LogP contribution in [-0.2, 0) is 11.3 Å². The summed E-state index contributed by atoms with van der Waals surface area (Å²) < 4.78 is 10.6.